The van der Waals surface area contributed by atoms with Crippen LogP contribution in [0, 0.1) is 5.92 Å². The Morgan fingerprint density at radius 2 is 1.80 bits per heavy atom. The lowest BCUT2D eigenvalue weighted by molar-refractivity contribution is 0.00846. The maximum Gasteiger partial charge on any atom is 0.254 e. The van der Waals surface area contributed by atoms with Crippen molar-refractivity contribution in [1.82, 2.24) is 9.80 Å². The number of carbonyl (C=O) groups excluding carboxylic acids is 1. The molecular weight excluding hydrogens is 332 g/mol. The van der Waals surface area contributed by atoms with E-state index in [1.54, 1.807) is 0 Å². The van der Waals surface area contributed by atoms with Crippen LogP contribution in [0.1, 0.15) is 28.8 Å². The largest absolute Gasteiger partial charge is 0.330 e. The Balaban J connectivity index is 1.45. The highest BCUT2D eigenvalue weighted by molar-refractivity contribution is 6.30. The summed E-state index contributed by atoms with van der Waals surface area (Å²) in [7, 11) is 0. The summed E-state index contributed by atoms with van der Waals surface area (Å²) in [5, 5.41) is 0.721. The lowest BCUT2D eigenvalue weighted by atomic mass is 9.83. The van der Waals surface area contributed by atoms with Gasteiger partial charge in [0, 0.05) is 29.7 Å². The molecule has 0 aliphatic carbocycles. The van der Waals surface area contributed by atoms with Crippen LogP contribution in [0.3, 0.4) is 0 Å². The average Bonchev–Trinajstić information content (AvgIpc) is 2.99. The lowest BCUT2D eigenvalue weighted by Crippen LogP contribution is -2.57. The van der Waals surface area contributed by atoms with E-state index in [0.717, 1.165) is 40.4 Å². The number of carbonyl (C=O) groups is 1. The summed E-state index contributed by atoms with van der Waals surface area (Å²) < 4.78 is 0. The number of piperidine rings is 3. The SMILES string of the molecule is O=C1c2cc(-c3cccc(Cl)c3)ccc2CN1C1CN2CCC1CC2. The van der Waals surface area contributed by atoms with Crippen molar-refractivity contribution in [3.05, 3.63) is 58.6 Å². The summed E-state index contributed by atoms with van der Waals surface area (Å²) in [4.78, 5) is 17.7. The summed E-state index contributed by atoms with van der Waals surface area (Å²) in [6, 6.07) is 14.5. The van der Waals surface area contributed by atoms with Crippen LogP contribution in [0.5, 0.6) is 0 Å². The number of hydrogen-bond donors (Lipinski definition) is 0. The molecule has 3 saturated heterocycles. The fourth-order valence-corrected chi connectivity index (χ4v) is 4.92. The van der Waals surface area contributed by atoms with Gasteiger partial charge in [-0.1, -0.05) is 35.9 Å². The average molecular weight is 353 g/mol. The highest BCUT2D eigenvalue weighted by Gasteiger charge is 2.42. The Hall–Kier alpha value is -1.84. The van der Waals surface area contributed by atoms with Gasteiger partial charge in [0.05, 0.1) is 0 Å². The number of rotatable bonds is 2. The zero-order valence-corrected chi connectivity index (χ0v) is 14.9. The normalized spacial score (nSPS) is 27.6. The Bertz CT molecular complexity index is 842. The van der Waals surface area contributed by atoms with Crippen LogP contribution in [-0.2, 0) is 6.54 Å². The molecule has 2 aromatic rings. The van der Waals surface area contributed by atoms with Crippen molar-refractivity contribution in [2.45, 2.75) is 25.4 Å². The van der Waals surface area contributed by atoms with Crippen LogP contribution in [0.4, 0.5) is 0 Å². The van der Waals surface area contributed by atoms with E-state index in [0.29, 0.717) is 12.0 Å². The Kier molecular flexibility index (Phi) is 3.61. The van der Waals surface area contributed by atoms with E-state index in [-0.39, 0.29) is 5.91 Å². The highest BCUT2D eigenvalue weighted by Crippen LogP contribution is 2.36. The first-order valence-corrected chi connectivity index (χ1v) is 9.49. The smallest absolute Gasteiger partial charge is 0.254 e. The number of nitrogens with zero attached hydrogens (tertiary/aromatic N) is 2. The summed E-state index contributed by atoms with van der Waals surface area (Å²) in [5.41, 5.74) is 4.15. The third-order valence-electron chi connectivity index (χ3n) is 6.12. The predicted molar refractivity (Wildman–Crippen MR) is 99.7 cm³/mol. The monoisotopic (exact) mass is 352 g/mol. The van der Waals surface area contributed by atoms with E-state index in [1.807, 2.05) is 30.3 Å². The zero-order chi connectivity index (χ0) is 17.0. The van der Waals surface area contributed by atoms with Crippen LogP contribution in [0.25, 0.3) is 11.1 Å². The molecule has 6 rings (SSSR count). The van der Waals surface area contributed by atoms with Crippen molar-refractivity contribution < 1.29 is 4.79 Å². The molecule has 0 spiro atoms. The number of halogens is 1. The van der Waals surface area contributed by atoms with E-state index in [9.17, 15) is 4.79 Å². The molecule has 0 aromatic heterocycles. The molecule has 0 N–H and O–H groups in total. The molecule has 2 aromatic carbocycles. The quantitative estimate of drug-likeness (QED) is 0.813. The van der Waals surface area contributed by atoms with Gasteiger partial charge >= 0.3 is 0 Å². The van der Waals surface area contributed by atoms with Gasteiger partial charge in [-0.05, 0) is 66.7 Å². The molecule has 0 saturated carbocycles. The Morgan fingerprint density at radius 3 is 2.52 bits per heavy atom. The second-order valence-electron chi connectivity index (χ2n) is 7.52. The first-order chi connectivity index (χ1) is 12.2. The molecule has 25 heavy (non-hydrogen) atoms. The number of hydrogen-bond acceptors (Lipinski definition) is 2. The van der Waals surface area contributed by atoms with Gasteiger partial charge in [0.1, 0.15) is 0 Å². The van der Waals surface area contributed by atoms with Crippen molar-refractivity contribution in [3.8, 4) is 11.1 Å². The summed E-state index contributed by atoms with van der Waals surface area (Å²) in [6.45, 7) is 4.22. The molecule has 4 aliphatic rings. The molecule has 0 radical (unpaired) electrons. The van der Waals surface area contributed by atoms with Gasteiger partial charge in [-0.15, -0.1) is 0 Å². The first-order valence-electron chi connectivity index (χ1n) is 9.11. The third kappa shape index (κ3) is 2.57. The van der Waals surface area contributed by atoms with Gasteiger partial charge < -0.3 is 9.80 Å². The van der Waals surface area contributed by atoms with Crippen molar-refractivity contribution in [3.63, 3.8) is 0 Å². The second kappa shape index (κ2) is 5.86. The minimum Gasteiger partial charge on any atom is -0.330 e. The van der Waals surface area contributed by atoms with E-state index >= 15 is 0 Å². The molecule has 4 heterocycles. The maximum atomic E-state index is 13.1. The molecule has 4 aliphatic heterocycles. The molecule has 1 atom stereocenters. The minimum atomic E-state index is 0.206. The van der Waals surface area contributed by atoms with Crippen molar-refractivity contribution in [2.24, 2.45) is 5.92 Å². The second-order valence-corrected chi connectivity index (χ2v) is 7.96. The number of fused-ring (bicyclic) bond motifs is 4. The lowest BCUT2D eigenvalue weighted by Gasteiger charge is -2.48. The van der Waals surface area contributed by atoms with Gasteiger partial charge in [-0.2, -0.15) is 0 Å². The molecule has 3 nitrogen and oxygen atoms in total. The van der Waals surface area contributed by atoms with E-state index in [2.05, 4.69) is 21.9 Å². The van der Waals surface area contributed by atoms with Crippen LogP contribution >= 0.6 is 11.6 Å². The fraction of sp³-hybridized carbons (Fsp3) is 0.381. The summed E-state index contributed by atoms with van der Waals surface area (Å²) in [5.74, 6) is 0.883. The molecule has 4 heteroatoms. The van der Waals surface area contributed by atoms with E-state index in [1.165, 1.54) is 25.9 Å². The number of amides is 1. The third-order valence-corrected chi connectivity index (χ3v) is 6.36. The molecule has 128 valence electrons. The number of benzene rings is 2. The maximum absolute atomic E-state index is 13.1. The van der Waals surface area contributed by atoms with Gasteiger partial charge in [0.25, 0.3) is 5.91 Å². The van der Waals surface area contributed by atoms with Gasteiger partial charge in [-0.25, -0.2) is 0 Å². The van der Waals surface area contributed by atoms with E-state index in [4.69, 9.17) is 11.6 Å². The topological polar surface area (TPSA) is 23.6 Å². The van der Waals surface area contributed by atoms with Crippen molar-refractivity contribution in [1.29, 1.82) is 0 Å². The minimum absolute atomic E-state index is 0.206. The van der Waals surface area contributed by atoms with Crippen molar-refractivity contribution >= 4 is 17.5 Å². The first kappa shape index (κ1) is 15.4. The van der Waals surface area contributed by atoms with E-state index < -0.39 is 0 Å². The van der Waals surface area contributed by atoms with Gasteiger partial charge in [-0.3, -0.25) is 4.79 Å². The zero-order valence-electron chi connectivity index (χ0n) is 14.1. The van der Waals surface area contributed by atoms with Gasteiger partial charge in [0.15, 0.2) is 0 Å². The molecular formula is C21H21ClN2O. The van der Waals surface area contributed by atoms with Crippen molar-refractivity contribution in [2.75, 3.05) is 19.6 Å². The van der Waals surface area contributed by atoms with Crippen LogP contribution in [0.15, 0.2) is 42.5 Å². The standard InChI is InChI=1S/C21H21ClN2O/c22-18-3-1-2-15(10-18)16-4-5-17-12-24(21(25)19(17)11-16)20-13-23-8-6-14(20)7-9-23/h1-5,10-11,14,20H,6-9,12-13H2. The Labute approximate surface area is 153 Å². The Morgan fingerprint density at radius 1 is 1.00 bits per heavy atom. The molecule has 1 unspecified atom stereocenters. The molecule has 3 fully saturated rings. The van der Waals surface area contributed by atoms with Crippen LogP contribution < -0.4 is 0 Å². The predicted octanol–water partition coefficient (Wildman–Crippen LogP) is 4.06. The highest BCUT2D eigenvalue weighted by atomic mass is 35.5. The summed E-state index contributed by atoms with van der Waals surface area (Å²) in [6.07, 6.45) is 2.47. The molecule has 2 bridgehead atoms. The fourth-order valence-electron chi connectivity index (χ4n) is 4.73. The molecule has 1 amide bonds. The summed E-state index contributed by atoms with van der Waals surface area (Å²) >= 11 is 6.12. The van der Waals surface area contributed by atoms with Gasteiger partial charge in [0.2, 0.25) is 0 Å². The van der Waals surface area contributed by atoms with Crippen LogP contribution in [0.2, 0.25) is 5.02 Å². The van der Waals surface area contributed by atoms with Crippen LogP contribution in [-0.4, -0.2) is 41.4 Å².